The lowest BCUT2D eigenvalue weighted by atomic mass is 9.95. The largest absolute Gasteiger partial charge is 0.179 e. The van der Waals surface area contributed by atoms with Gasteiger partial charge in [-0.1, -0.05) is 170 Å². The van der Waals surface area contributed by atoms with E-state index in [0.717, 1.165) is 0 Å². The van der Waals surface area contributed by atoms with E-state index in [4.69, 9.17) is 0 Å². The van der Waals surface area contributed by atoms with Crippen LogP contribution in [0, 0.1) is 0 Å². The maximum Gasteiger partial charge on any atom is 0.179 e. The molecule has 0 aromatic heterocycles. The van der Waals surface area contributed by atoms with Gasteiger partial charge in [0.25, 0.3) is 0 Å². The van der Waals surface area contributed by atoms with Crippen LogP contribution in [0.15, 0.2) is 170 Å². The fourth-order valence-electron chi connectivity index (χ4n) is 5.57. The standard InChI is InChI=1S/C36H28Si/c1-5-15-29(16-6-1)35-23-13-14-24-36(35)30-25-27-34(28-26-30)37(31-17-7-2-8-18-31,32-19-9-3-10-20-32)33-21-11-4-12-22-33/h1-28H. The molecule has 37 heavy (non-hydrogen) atoms. The van der Waals surface area contributed by atoms with Crippen molar-refractivity contribution in [3.8, 4) is 22.3 Å². The van der Waals surface area contributed by atoms with E-state index in [2.05, 4.69) is 170 Å². The Bertz CT molecular complexity index is 1480. The summed E-state index contributed by atoms with van der Waals surface area (Å²) in [5, 5.41) is 5.57. The highest BCUT2D eigenvalue weighted by molar-refractivity contribution is 7.19. The Labute approximate surface area is 220 Å². The Morgan fingerprint density at radius 2 is 0.541 bits per heavy atom. The molecule has 0 saturated carbocycles. The third-order valence-corrected chi connectivity index (χ3v) is 12.1. The molecular formula is C36H28Si. The second-order valence-electron chi connectivity index (χ2n) is 9.34. The van der Waals surface area contributed by atoms with Crippen molar-refractivity contribution in [3.05, 3.63) is 170 Å². The highest BCUT2D eigenvalue weighted by atomic mass is 28.3. The van der Waals surface area contributed by atoms with Crippen LogP contribution in [0.1, 0.15) is 0 Å². The molecule has 176 valence electrons. The zero-order valence-electron chi connectivity index (χ0n) is 20.7. The topological polar surface area (TPSA) is 0 Å². The van der Waals surface area contributed by atoms with Crippen molar-refractivity contribution in [1.29, 1.82) is 0 Å². The fourth-order valence-corrected chi connectivity index (χ4v) is 10.3. The molecule has 0 atom stereocenters. The third-order valence-electron chi connectivity index (χ3n) is 7.26. The first-order chi connectivity index (χ1) is 18.4. The predicted octanol–water partition coefficient (Wildman–Crippen LogP) is 6.40. The van der Waals surface area contributed by atoms with Crippen LogP contribution < -0.4 is 20.7 Å². The first kappa shape index (κ1) is 23.0. The third kappa shape index (κ3) is 4.24. The summed E-state index contributed by atoms with van der Waals surface area (Å²) in [6, 6.07) is 62.0. The molecule has 0 nitrogen and oxygen atoms in total. The van der Waals surface area contributed by atoms with Gasteiger partial charge in [0, 0.05) is 0 Å². The van der Waals surface area contributed by atoms with Crippen LogP contribution in [-0.2, 0) is 0 Å². The zero-order valence-corrected chi connectivity index (χ0v) is 21.7. The van der Waals surface area contributed by atoms with Crippen LogP contribution in [0.2, 0.25) is 0 Å². The van der Waals surface area contributed by atoms with E-state index in [1.807, 2.05) is 0 Å². The lowest BCUT2D eigenvalue weighted by Crippen LogP contribution is -2.74. The summed E-state index contributed by atoms with van der Waals surface area (Å²) in [6.45, 7) is 0. The van der Waals surface area contributed by atoms with Gasteiger partial charge in [0.1, 0.15) is 0 Å². The quantitative estimate of drug-likeness (QED) is 0.188. The summed E-state index contributed by atoms with van der Waals surface area (Å²) in [7, 11) is -2.50. The van der Waals surface area contributed by atoms with Gasteiger partial charge < -0.3 is 0 Å². The summed E-state index contributed by atoms with van der Waals surface area (Å²) in [5.74, 6) is 0. The van der Waals surface area contributed by atoms with Crippen molar-refractivity contribution in [3.63, 3.8) is 0 Å². The van der Waals surface area contributed by atoms with Crippen molar-refractivity contribution in [2.45, 2.75) is 0 Å². The fraction of sp³-hybridized carbons (Fsp3) is 0. The maximum absolute atomic E-state index is 2.50. The highest BCUT2D eigenvalue weighted by Gasteiger charge is 2.41. The minimum Gasteiger partial charge on any atom is -0.0623 e. The Hall–Kier alpha value is -4.46. The molecule has 0 fully saturated rings. The summed E-state index contributed by atoms with van der Waals surface area (Å²) in [4.78, 5) is 0. The molecule has 0 spiro atoms. The molecule has 0 amide bonds. The molecule has 0 aliphatic carbocycles. The van der Waals surface area contributed by atoms with Crippen LogP contribution in [0.3, 0.4) is 0 Å². The molecule has 6 aromatic rings. The average Bonchev–Trinajstić information content (AvgIpc) is 3.00. The maximum atomic E-state index is 2.37. The van der Waals surface area contributed by atoms with E-state index in [1.54, 1.807) is 0 Å². The lowest BCUT2D eigenvalue weighted by molar-refractivity contribution is 1.58. The molecular weight excluding hydrogens is 460 g/mol. The van der Waals surface area contributed by atoms with Crippen molar-refractivity contribution >= 4 is 28.8 Å². The Morgan fingerprint density at radius 1 is 0.243 bits per heavy atom. The molecule has 6 aromatic carbocycles. The first-order valence-electron chi connectivity index (χ1n) is 12.8. The molecule has 0 aliphatic rings. The Morgan fingerprint density at radius 3 is 0.946 bits per heavy atom. The molecule has 1 heteroatoms. The SMILES string of the molecule is c1ccc(-c2ccccc2-c2ccc([Si](c3ccccc3)(c3ccccc3)c3ccccc3)cc2)cc1. The molecule has 0 bridgehead atoms. The highest BCUT2D eigenvalue weighted by Crippen LogP contribution is 2.31. The van der Waals surface area contributed by atoms with E-state index >= 15 is 0 Å². The van der Waals surface area contributed by atoms with E-state index < -0.39 is 8.07 Å². The molecule has 0 heterocycles. The number of hydrogen-bond acceptors (Lipinski definition) is 0. The Balaban J connectivity index is 1.56. The van der Waals surface area contributed by atoms with Crippen molar-refractivity contribution in [2.24, 2.45) is 0 Å². The monoisotopic (exact) mass is 488 g/mol. The minimum absolute atomic E-state index is 1.24. The van der Waals surface area contributed by atoms with Gasteiger partial charge in [-0.2, -0.15) is 0 Å². The lowest BCUT2D eigenvalue weighted by Gasteiger charge is -2.34. The Kier molecular flexibility index (Phi) is 6.37. The minimum atomic E-state index is -2.50. The van der Waals surface area contributed by atoms with Gasteiger partial charge in [-0.3, -0.25) is 0 Å². The molecule has 0 saturated heterocycles. The smallest absolute Gasteiger partial charge is 0.0623 e. The summed E-state index contributed by atoms with van der Waals surface area (Å²) >= 11 is 0. The summed E-state index contributed by atoms with van der Waals surface area (Å²) in [6.07, 6.45) is 0. The average molecular weight is 489 g/mol. The van der Waals surface area contributed by atoms with Gasteiger partial charge in [-0.05, 0) is 43.0 Å². The number of rotatable bonds is 6. The molecule has 0 unspecified atom stereocenters. The molecule has 0 aliphatic heterocycles. The summed E-state index contributed by atoms with van der Waals surface area (Å²) in [5.41, 5.74) is 4.99. The number of benzene rings is 6. The van der Waals surface area contributed by atoms with Crippen molar-refractivity contribution in [2.75, 3.05) is 0 Å². The second kappa shape index (κ2) is 10.3. The van der Waals surface area contributed by atoms with E-state index in [9.17, 15) is 0 Å². The van der Waals surface area contributed by atoms with Crippen LogP contribution in [0.5, 0.6) is 0 Å². The van der Waals surface area contributed by atoms with Crippen molar-refractivity contribution < 1.29 is 0 Å². The van der Waals surface area contributed by atoms with Gasteiger partial charge in [-0.25, -0.2) is 0 Å². The van der Waals surface area contributed by atoms with Crippen LogP contribution in [0.4, 0.5) is 0 Å². The summed E-state index contributed by atoms with van der Waals surface area (Å²) < 4.78 is 0. The van der Waals surface area contributed by atoms with Gasteiger partial charge in [-0.15, -0.1) is 0 Å². The zero-order chi connectivity index (χ0) is 24.9. The van der Waals surface area contributed by atoms with E-state index in [-0.39, 0.29) is 0 Å². The van der Waals surface area contributed by atoms with Gasteiger partial charge in [0.15, 0.2) is 8.07 Å². The van der Waals surface area contributed by atoms with E-state index in [0.29, 0.717) is 0 Å². The van der Waals surface area contributed by atoms with Crippen LogP contribution in [0.25, 0.3) is 22.3 Å². The normalized spacial score (nSPS) is 11.2. The molecule has 0 N–H and O–H groups in total. The predicted molar refractivity (Wildman–Crippen MR) is 161 cm³/mol. The van der Waals surface area contributed by atoms with Gasteiger partial charge >= 0.3 is 0 Å². The van der Waals surface area contributed by atoms with Crippen molar-refractivity contribution in [1.82, 2.24) is 0 Å². The second-order valence-corrected chi connectivity index (χ2v) is 13.1. The van der Waals surface area contributed by atoms with Crippen LogP contribution in [-0.4, -0.2) is 8.07 Å². The van der Waals surface area contributed by atoms with Crippen LogP contribution >= 0.6 is 0 Å². The first-order valence-corrected chi connectivity index (χ1v) is 14.8. The van der Waals surface area contributed by atoms with Gasteiger partial charge in [0.2, 0.25) is 0 Å². The molecule has 0 radical (unpaired) electrons. The number of hydrogen-bond donors (Lipinski definition) is 0. The molecule has 6 rings (SSSR count). The van der Waals surface area contributed by atoms with Gasteiger partial charge in [0.05, 0.1) is 0 Å². The van der Waals surface area contributed by atoms with E-state index in [1.165, 1.54) is 43.0 Å².